The summed E-state index contributed by atoms with van der Waals surface area (Å²) in [5.74, 6) is 0.0156. The van der Waals surface area contributed by atoms with Crippen molar-refractivity contribution < 1.29 is 4.79 Å². The van der Waals surface area contributed by atoms with Gasteiger partial charge in [-0.2, -0.15) is 15.4 Å². The zero-order valence-electron chi connectivity index (χ0n) is 11.3. The van der Waals surface area contributed by atoms with Gasteiger partial charge in [-0.05, 0) is 32.1 Å². The normalized spacial score (nSPS) is 29.4. The lowest BCUT2D eigenvalue weighted by atomic mass is 9.97. The van der Waals surface area contributed by atoms with Gasteiger partial charge < -0.3 is 10.2 Å². The average molecular weight is 263 g/mol. The van der Waals surface area contributed by atoms with E-state index in [4.69, 9.17) is 0 Å². The highest BCUT2D eigenvalue weighted by atomic mass is 16.2. The first-order valence-corrected chi connectivity index (χ1v) is 7.20. The Morgan fingerprint density at radius 2 is 2.16 bits per heavy atom. The fraction of sp³-hybridized carbons (Fsp3) is 0.769. The first-order chi connectivity index (χ1) is 9.28. The van der Waals surface area contributed by atoms with Gasteiger partial charge in [0.25, 0.3) is 5.91 Å². The van der Waals surface area contributed by atoms with E-state index in [9.17, 15) is 4.79 Å². The van der Waals surface area contributed by atoms with Crippen molar-refractivity contribution in [3.63, 3.8) is 0 Å². The third-order valence-corrected chi connectivity index (χ3v) is 4.25. The topological polar surface area (TPSA) is 73.9 Å². The van der Waals surface area contributed by atoms with Gasteiger partial charge in [-0.3, -0.25) is 4.79 Å². The van der Waals surface area contributed by atoms with Crippen molar-refractivity contribution in [2.24, 2.45) is 0 Å². The van der Waals surface area contributed by atoms with Crippen LogP contribution in [-0.2, 0) is 0 Å². The lowest BCUT2D eigenvalue weighted by Crippen LogP contribution is -2.50. The van der Waals surface area contributed by atoms with Crippen molar-refractivity contribution in [3.05, 3.63) is 11.9 Å². The lowest BCUT2D eigenvalue weighted by molar-refractivity contribution is 0.0610. The van der Waals surface area contributed by atoms with Crippen molar-refractivity contribution in [1.29, 1.82) is 0 Å². The Labute approximate surface area is 112 Å². The molecule has 2 aliphatic heterocycles. The first-order valence-electron chi connectivity index (χ1n) is 7.20. The fourth-order valence-electron chi connectivity index (χ4n) is 3.42. The largest absolute Gasteiger partial charge is 0.334 e. The van der Waals surface area contributed by atoms with Crippen LogP contribution in [0, 0.1) is 0 Å². The van der Waals surface area contributed by atoms with E-state index in [0.29, 0.717) is 23.8 Å². The van der Waals surface area contributed by atoms with Crippen LogP contribution < -0.4 is 5.32 Å². The molecule has 0 spiro atoms. The average Bonchev–Trinajstić information content (AvgIpc) is 3.05. The number of fused-ring (bicyclic) bond motifs is 2. The van der Waals surface area contributed by atoms with Crippen LogP contribution in [0.3, 0.4) is 0 Å². The molecular weight excluding hydrogens is 242 g/mol. The molecule has 0 aromatic carbocycles. The molecule has 3 heterocycles. The Morgan fingerprint density at radius 3 is 2.74 bits per heavy atom. The molecule has 3 rings (SSSR count). The zero-order valence-corrected chi connectivity index (χ0v) is 11.3. The number of hydrogen-bond acceptors (Lipinski definition) is 4. The number of carbonyl (C=O) groups is 1. The molecule has 0 aliphatic carbocycles. The predicted octanol–water partition coefficient (Wildman–Crippen LogP) is 0.940. The molecule has 0 saturated carbocycles. The number of aromatic nitrogens is 3. The lowest BCUT2D eigenvalue weighted by Gasteiger charge is -2.37. The monoisotopic (exact) mass is 263 g/mol. The Hall–Kier alpha value is -1.43. The van der Waals surface area contributed by atoms with Gasteiger partial charge in [0.2, 0.25) is 0 Å². The molecule has 6 heteroatoms. The molecule has 6 nitrogen and oxygen atoms in total. The minimum atomic E-state index is 0.0156. The van der Waals surface area contributed by atoms with Crippen molar-refractivity contribution in [2.45, 2.75) is 57.2 Å². The van der Waals surface area contributed by atoms with Crippen LogP contribution in [0.15, 0.2) is 6.20 Å². The molecule has 19 heavy (non-hydrogen) atoms. The molecule has 2 bridgehead atoms. The van der Waals surface area contributed by atoms with E-state index < -0.39 is 0 Å². The summed E-state index contributed by atoms with van der Waals surface area (Å²) in [6.45, 7) is 2.91. The van der Waals surface area contributed by atoms with Gasteiger partial charge in [0.1, 0.15) is 0 Å². The number of piperidine rings is 1. The second kappa shape index (κ2) is 5.28. The highest BCUT2D eigenvalue weighted by Gasteiger charge is 2.37. The molecule has 104 valence electrons. The van der Waals surface area contributed by atoms with E-state index >= 15 is 0 Å². The van der Waals surface area contributed by atoms with Gasteiger partial charge >= 0.3 is 0 Å². The van der Waals surface area contributed by atoms with Crippen molar-refractivity contribution >= 4 is 5.91 Å². The number of carbonyl (C=O) groups excluding carboxylic acids is 1. The van der Waals surface area contributed by atoms with E-state index in [2.05, 4.69) is 27.7 Å². The van der Waals surface area contributed by atoms with Crippen molar-refractivity contribution in [2.75, 3.05) is 6.54 Å². The molecule has 2 saturated heterocycles. The summed E-state index contributed by atoms with van der Waals surface area (Å²) in [5.41, 5.74) is 0.430. The molecule has 1 aromatic rings. The summed E-state index contributed by atoms with van der Waals surface area (Å²) >= 11 is 0. The van der Waals surface area contributed by atoms with E-state index in [1.165, 1.54) is 19.0 Å². The van der Waals surface area contributed by atoms with Gasteiger partial charge in [0, 0.05) is 24.7 Å². The molecule has 2 fully saturated rings. The maximum atomic E-state index is 12.5. The van der Waals surface area contributed by atoms with Crippen LogP contribution in [0.2, 0.25) is 0 Å². The molecule has 2 aliphatic rings. The van der Waals surface area contributed by atoms with Gasteiger partial charge in [0.05, 0.1) is 6.20 Å². The SMILES string of the molecule is CCCN(C(=O)c1cn[nH]n1)C1CC2CCC(C1)N2. The summed E-state index contributed by atoms with van der Waals surface area (Å²) in [4.78, 5) is 14.5. The molecule has 2 atom stereocenters. The first kappa shape index (κ1) is 12.6. The smallest absolute Gasteiger partial charge is 0.276 e. The number of nitrogens with zero attached hydrogens (tertiary/aromatic N) is 3. The molecule has 2 N–H and O–H groups in total. The third kappa shape index (κ3) is 2.49. The predicted molar refractivity (Wildman–Crippen MR) is 70.7 cm³/mol. The molecular formula is C13H21N5O. The van der Waals surface area contributed by atoms with Gasteiger partial charge in [-0.15, -0.1) is 0 Å². The van der Waals surface area contributed by atoms with E-state index in [1.54, 1.807) is 0 Å². The van der Waals surface area contributed by atoms with Crippen LogP contribution in [0.1, 0.15) is 49.5 Å². The van der Waals surface area contributed by atoms with Crippen LogP contribution in [-0.4, -0.2) is 50.9 Å². The molecule has 1 amide bonds. The van der Waals surface area contributed by atoms with Gasteiger partial charge in [0.15, 0.2) is 5.69 Å². The molecule has 1 aromatic heterocycles. The quantitative estimate of drug-likeness (QED) is 0.848. The number of nitrogens with one attached hydrogen (secondary N) is 2. The van der Waals surface area contributed by atoms with E-state index in [0.717, 1.165) is 25.8 Å². The molecule has 2 unspecified atom stereocenters. The van der Waals surface area contributed by atoms with Crippen molar-refractivity contribution in [3.8, 4) is 0 Å². The fourth-order valence-corrected chi connectivity index (χ4v) is 3.42. The second-order valence-electron chi connectivity index (χ2n) is 5.62. The zero-order chi connectivity index (χ0) is 13.2. The second-order valence-corrected chi connectivity index (χ2v) is 5.62. The maximum Gasteiger partial charge on any atom is 0.276 e. The van der Waals surface area contributed by atoms with E-state index in [1.807, 2.05) is 4.90 Å². The summed E-state index contributed by atoms with van der Waals surface area (Å²) in [5, 5.41) is 13.8. The summed E-state index contributed by atoms with van der Waals surface area (Å²) in [6, 6.07) is 1.53. The third-order valence-electron chi connectivity index (χ3n) is 4.25. The Bertz CT molecular complexity index is 420. The number of aromatic amines is 1. The number of H-pyrrole nitrogens is 1. The summed E-state index contributed by atoms with van der Waals surface area (Å²) in [7, 11) is 0. The Morgan fingerprint density at radius 1 is 1.42 bits per heavy atom. The number of amides is 1. The highest BCUT2D eigenvalue weighted by molar-refractivity contribution is 5.92. The van der Waals surface area contributed by atoms with Crippen LogP contribution in [0.4, 0.5) is 0 Å². The summed E-state index contributed by atoms with van der Waals surface area (Å²) < 4.78 is 0. The minimum Gasteiger partial charge on any atom is -0.334 e. The van der Waals surface area contributed by atoms with Crippen LogP contribution in [0.25, 0.3) is 0 Å². The van der Waals surface area contributed by atoms with Gasteiger partial charge in [-0.1, -0.05) is 6.92 Å². The standard InChI is InChI=1S/C13H21N5O/c1-2-5-18(13(19)12-8-14-17-16-12)11-6-9-3-4-10(7-11)15-9/h8-11,15H,2-7H2,1H3,(H,14,16,17). The van der Waals surface area contributed by atoms with Crippen LogP contribution >= 0.6 is 0 Å². The number of rotatable bonds is 4. The summed E-state index contributed by atoms with van der Waals surface area (Å²) in [6.07, 6.45) is 7.13. The van der Waals surface area contributed by atoms with Crippen LogP contribution in [0.5, 0.6) is 0 Å². The highest BCUT2D eigenvalue weighted by Crippen LogP contribution is 2.30. The maximum absolute atomic E-state index is 12.5. The van der Waals surface area contributed by atoms with Crippen molar-refractivity contribution in [1.82, 2.24) is 25.6 Å². The van der Waals surface area contributed by atoms with Gasteiger partial charge in [-0.25, -0.2) is 0 Å². The number of hydrogen-bond donors (Lipinski definition) is 2. The van der Waals surface area contributed by atoms with E-state index in [-0.39, 0.29) is 5.91 Å². The molecule has 0 radical (unpaired) electrons. The Kier molecular flexibility index (Phi) is 3.50. The minimum absolute atomic E-state index is 0.0156. The Balaban J connectivity index is 1.75.